The first-order valence-electron chi connectivity index (χ1n) is 9.16. The van der Waals surface area contributed by atoms with E-state index in [4.69, 9.17) is 9.94 Å². The number of nitrogens with zero attached hydrogens (tertiary/aromatic N) is 1. The van der Waals surface area contributed by atoms with Crippen LogP contribution in [0.1, 0.15) is 26.3 Å². The van der Waals surface area contributed by atoms with Gasteiger partial charge in [0.25, 0.3) is 0 Å². The predicted molar refractivity (Wildman–Crippen MR) is 107 cm³/mol. The van der Waals surface area contributed by atoms with Gasteiger partial charge in [-0.25, -0.2) is 29.6 Å². The van der Waals surface area contributed by atoms with Gasteiger partial charge in [0.05, 0.1) is 0 Å². The van der Waals surface area contributed by atoms with Crippen molar-refractivity contribution in [3.63, 3.8) is 0 Å². The lowest BCUT2D eigenvalue weighted by Crippen LogP contribution is -2.55. The topological polar surface area (TPSA) is 154 Å². The molecular weight excluding hydrogens is 410 g/mol. The molecule has 1 atom stereocenters. The molecular formula is C20H23N3O8. The van der Waals surface area contributed by atoms with Crippen LogP contribution in [0.5, 0.6) is 0 Å². The number of carbonyl (C=O) groups is 4. The van der Waals surface area contributed by atoms with Gasteiger partial charge < -0.3 is 14.7 Å². The summed E-state index contributed by atoms with van der Waals surface area (Å²) in [5.74, 6) is -1.49. The maximum Gasteiger partial charge on any atom is 0.455 e. The number of hydrogen-bond acceptors (Lipinski definition) is 7. The molecule has 4 amide bonds. The summed E-state index contributed by atoms with van der Waals surface area (Å²) >= 11 is 0. The Morgan fingerprint density at radius 2 is 1.71 bits per heavy atom. The van der Waals surface area contributed by atoms with Gasteiger partial charge in [-0.15, -0.1) is 0 Å². The monoisotopic (exact) mass is 433 g/mol. The predicted octanol–water partition coefficient (Wildman–Crippen LogP) is 2.81. The molecule has 2 aromatic rings. The van der Waals surface area contributed by atoms with Crippen molar-refractivity contribution in [1.82, 2.24) is 15.9 Å². The van der Waals surface area contributed by atoms with E-state index in [1.807, 2.05) is 18.2 Å². The number of ether oxygens (including phenoxy) is 1. The Kier molecular flexibility index (Phi) is 7.37. The molecule has 0 unspecified atom stereocenters. The second-order valence-corrected chi connectivity index (χ2v) is 7.46. The van der Waals surface area contributed by atoms with Crippen molar-refractivity contribution in [2.24, 2.45) is 0 Å². The molecule has 0 aromatic heterocycles. The largest absolute Gasteiger partial charge is 0.480 e. The van der Waals surface area contributed by atoms with Crippen LogP contribution < -0.4 is 11.0 Å². The highest BCUT2D eigenvalue weighted by molar-refractivity contribution is 5.96. The third-order valence-electron chi connectivity index (χ3n) is 4.02. The van der Waals surface area contributed by atoms with E-state index in [0.29, 0.717) is 10.5 Å². The van der Waals surface area contributed by atoms with Crippen LogP contribution in [0, 0.1) is 0 Å². The fourth-order valence-electron chi connectivity index (χ4n) is 2.79. The molecule has 0 spiro atoms. The van der Waals surface area contributed by atoms with Gasteiger partial charge in [-0.3, -0.25) is 5.21 Å². The number of imide groups is 1. The van der Waals surface area contributed by atoms with Crippen LogP contribution in [-0.4, -0.2) is 51.0 Å². The minimum atomic E-state index is -1.69. The van der Waals surface area contributed by atoms with Crippen LogP contribution >= 0.6 is 0 Å². The molecule has 0 bridgehead atoms. The van der Waals surface area contributed by atoms with E-state index in [1.54, 1.807) is 29.7 Å². The smallest absolute Gasteiger partial charge is 0.455 e. The molecule has 2 aromatic carbocycles. The Labute approximate surface area is 177 Å². The number of urea groups is 1. The lowest BCUT2D eigenvalue weighted by molar-refractivity contribution is -0.142. The Bertz CT molecular complexity index is 981. The second kappa shape index (κ2) is 9.76. The standard InChI is InChI=1S/C20H23N3O8/c1-20(2,3)30-19(28)23(17(26)22-31-18(27)21-29)15(16(24)25)11-13-9-6-8-12-7-4-5-10-14(12)13/h4-10,15,29H,11H2,1-3H3,(H,21,27)(H,22,26)(H,24,25)/t15-/m0/s1. The fraction of sp³-hybridized carbons (Fsp3) is 0.300. The Morgan fingerprint density at radius 3 is 2.32 bits per heavy atom. The van der Waals surface area contributed by atoms with Gasteiger partial charge in [-0.05, 0) is 37.1 Å². The van der Waals surface area contributed by atoms with Crippen molar-refractivity contribution in [3.05, 3.63) is 48.0 Å². The SMILES string of the molecule is CC(C)(C)OC(=O)N(C(=O)NOC(=O)NO)[C@@H](Cc1cccc2ccccc12)C(=O)O. The van der Waals surface area contributed by atoms with Crippen molar-refractivity contribution in [2.45, 2.75) is 38.8 Å². The first-order valence-corrected chi connectivity index (χ1v) is 9.16. The van der Waals surface area contributed by atoms with Crippen LogP contribution in [0.25, 0.3) is 10.8 Å². The quantitative estimate of drug-likeness (QED) is 0.424. The molecule has 0 aliphatic heterocycles. The zero-order valence-corrected chi connectivity index (χ0v) is 17.1. The summed E-state index contributed by atoms with van der Waals surface area (Å²) in [7, 11) is 0. The Hall–Kier alpha value is -3.86. The number of carboxylic acids is 1. The molecule has 0 aliphatic rings. The van der Waals surface area contributed by atoms with Crippen LogP contribution in [0.4, 0.5) is 14.4 Å². The van der Waals surface area contributed by atoms with Gasteiger partial charge in [0.15, 0.2) is 0 Å². The number of fused-ring (bicyclic) bond motifs is 1. The number of nitrogens with one attached hydrogen (secondary N) is 2. The summed E-state index contributed by atoms with van der Waals surface area (Å²) in [5.41, 5.74) is 2.25. The summed E-state index contributed by atoms with van der Waals surface area (Å²) in [6.07, 6.45) is -2.95. The minimum Gasteiger partial charge on any atom is -0.480 e. The normalized spacial score (nSPS) is 11.9. The summed E-state index contributed by atoms with van der Waals surface area (Å²) < 4.78 is 5.17. The van der Waals surface area contributed by atoms with E-state index in [0.717, 1.165) is 16.3 Å². The number of benzene rings is 2. The van der Waals surface area contributed by atoms with Crippen molar-refractivity contribution in [1.29, 1.82) is 0 Å². The van der Waals surface area contributed by atoms with Gasteiger partial charge in [-0.1, -0.05) is 42.5 Å². The third-order valence-corrected chi connectivity index (χ3v) is 4.02. The molecule has 0 fully saturated rings. The lowest BCUT2D eigenvalue weighted by atomic mass is 9.98. The highest BCUT2D eigenvalue weighted by Crippen LogP contribution is 2.22. The highest BCUT2D eigenvalue weighted by Gasteiger charge is 2.38. The summed E-state index contributed by atoms with van der Waals surface area (Å²) in [6, 6.07) is 9.42. The van der Waals surface area contributed by atoms with E-state index in [2.05, 4.69) is 4.84 Å². The van der Waals surface area contributed by atoms with Gasteiger partial charge in [0.1, 0.15) is 11.6 Å². The van der Waals surface area contributed by atoms with Crippen LogP contribution in [-0.2, 0) is 20.8 Å². The highest BCUT2D eigenvalue weighted by atomic mass is 16.7. The van der Waals surface area contributed by atoms with E-state index >= 15 is 0 Å². The molecule has 0 aliphatic carbocycles. The molecule has 0 heterocycles. The summed E-state index contributed by atoms with van der Waals surface area (Å²) in [5, 5.41) is 19.9. The van der Waals surface area contributed by atoms with E-state index in [1.165, 1.54) is 20.8 Å². The molecule has 0 saturated heterocycles. The number of hydrogen-bond donors (Lipinski definition) is 4. The number of amides is 4. The van der Waals surface area contributed by atoms with Gasteiger partial charge >= 0.3 is 24.2 Å². The molecule has 31 heavy (non-hydrogen) atoms. The third kappa shape index (κ3) is 6.31. The second-order valence-electron chi connectivity index (χ2n) is 7.46. The first-order chi connectivity index (χ1) is 14.5. The van der Waals surface area contributed by atoms with Crippen LogP contribution in [0.15, 0.2) is 42.5 Å². The van der Waals surface area contributed by atoms with Crippen LogP contribution in [0.2, 0.25) is 0 Å². The number of carboxylic acid groups (broad SMARTS) is 1. The number of carbonyl (C=O) groups excluding carboxylic acids is 3. The van der Waals surface area contributed by atoms with E-state index < -0.39 is 35.8 Å². The van der Waals surface area contributed by atoms with E-state index in [9.17, 15) is 24.3 Å². The first kappa shape index (κ1) is 23.4. The molecule has 0 radical (unpaired) electrons. The Morgan fingerprint density at radius 1 is 1.06 bits per heavy atom. The fourth-order valence-corrected chi connectivity index (χ4v) is 2.79. The zero-order chi connectivity index (χ0) is 23.2. The molecule has 11 heteroatoms. The van der Waals surface area contributed by atoms with Gasteiger partial charge in [0, 0.05) is 6.42 Å². The summed E-state index contributed by atoms with van der Waals surface area (Å²) in [4.78, 5) is 52.9. The maximum absolute atomic E-state index is 12.7. The average molecular weight is 433 g/mol. The van der Waals surface area contributed by atoms with E-state index in [-0.39, 0.29) is 6.42 Å². The molecule has 11 nitrogen and oxygen atoms in total. The Balaban J connectivity index is 2.42. The van der Waals surface area contributed by atoms with Gasteiger partial charge in [-0.2, -0.15) is 5.48 Å². The van der Waals surface area contributed by atoms with Crippen LogP contribution in [0.3, 0.4) is 0 Å². The molecule has 4 N–H and O–H groups in total. The van der Waals surface area contributed by atoms with Crippen molar-refractivity contribution < 1.29 is 39.1 Å². The molecule has 166 valence electrons. The zero-order valence-electron chi connectivity index (χ0n) is 17.1. The van der Waals surface area contributed by atoms with Crippen molar-refractivity contribution in [2.75, 3.05) is 0 Å². The van der Waals surface area contributed by atoms with Crippen molar-refractivity contribution >= 4 is 35.0 Å². The van der Waals surface area contributed by atoms with Crippen molar-refractivity contribution in [3.8, 4) is 0 Å². The molecule has 2 rings (SSSR count). The maximum atomic E-state index is 12.7. The number of aliphatic carboxylic acids is 1. The summed E-state index contributed by atoms with van der Waals surface area (Å²) in [6.45, 7) is 4.62. The lowest BCUT2D eigenvalue weighted by Gasteiger charge is -2.29. The average Bonchev–Trinajstić information content (AvgIpc) is 2.70. The number of hydroxylamine groups is 2. The number of rotatable bonds is 4. The molecule has 0 saturated carbocycles. The van der Waals surface area contributed by atoms with Gasteiger partial charge in [0.2, 0.25) is 0 Å². The minimum absolute atomic E-state index is 0.241.